The van der Waals surface area contributed by atoms with Crippen LogP contribution < -0.4 is 15.5 Å². The van der Waals surface area contributed by atoms with E-state index >= 15 is 0 Å². The Morgan fingerprint density at radius 1 is 1.17 bits per heavy atom. The fourth-order valence-electron chi connectivity index (χ4n) is 3.89. The fourth-order valence-corrected chi connectivity index (χ4v) is 4.81. The molecule has 1 saturated heterocycles. The van der Waals surface area contributed by atoms with E-state index in [4.69, 9.17) is 0 Å². The second-order valence-electron chi connectivity index (χ2n) is 7.71. The van der Waals surface area contributed by atoms with Crippen molar-refractivity contribution in [1.82, 2.24) is 20.5 Å². The standard InChI is InChI=1S/C22H28N4O3S/c27-18-5-4-17(21-20(18)25-22(29)30-21)19(28)13-24-7-6-15-2-1-3-16(12-15)14-26-10-8-23-9-11-26/h1-5,12,19,23-24,27-28H,6-11,13-14H2,(H,25,29)/t19-/m0/s1. The van der Waals surface area contributed by atoms with Crippen LogP contribution in [0.3, 0.4) is 0 Å². The highest BCUT2D eigenvalue weighted by Gasteiger charge is 2.16. The van der Waals surface area contributed by atoms with Gasteiger partial charge in [0, 0.05) is 44.8 Å². The Labute approximate surface area is 179 Å². The third-order valence-electron chi connectivity index (χ3n) is 5.48. The minimum Gasteiger partial charge on any atom is -0.506 e. The first-order valence-electron chi connectivity index (χ1n) is 10.3. The van der Waals surface area contributed by atoms with Crippen LogP contribution in [0.25, 0.3) is 10.2 Å². The van der Waals surface area contributed by atoms with E-state index in [-0.39, 0.29) is 10.6 Å². The molecule has 1 aliphatic rings. The van der Waals surface area contributed by atoms with Gasteiger partial charge in [0.15, 0.2) is 0 Å². The largest absolute Gasteiger partial charge is 0.506 e. The third kappa shape index (κ3) is 5.08. The summed E-state index contributed by atoms with van der Waals surface area (Å²) in [4.78, 5) is 16.5. The Morgan fingerprint density at radius 3 is 2.80 bits per heavy atom. The van der Waals surface area contributed by atoms with Crippen LogP contribution in [0.2, 0.25) is 0 Å². The number of fused-ring (bicyclic) bond motifs is 1. The summed E-state index contributed by atoms with van der Waals surface area (Å²) in [5, 5.41) is 27.2. The van der Waals surface area contributed by atoms with Crippen molar-refractivity contribution >= 4 is 21.6 Å². The SMILES string of the molecule is O=c1[nH]c2c(O)ccc([C@@H](O)CNCCc3cccc(CN4CCNCC4)c3)c2s1. The number of benzene rings is 2. The molecule has 0 saturated carbocycles. The van der Waals surface area contributed by atoms with Crippen LogP contribution in [0.4, 0.5) is 0 Å². The van der Waals surface area contributed by atoms with Gasteiger partial charge in [-0.25, -0.2) is 0 Å². The Morgan fingerprint density at radius 2 is 1.97 bits per heavy atom. The van der Waals surface area contributed by atoms with Crippen molar-refractivity contribution in [2.45, 2.75) is 19.1 Å². The number of thiazole rings is 1. The van der Waals surface area contributed by atoms with Crippen LogP contribution in [0.15, 0.2) is 41.2 Å². The number of phenols is 1. The zero-order chi connectivity index (χ0) is 20.9. The molecule has 0 unspecified atom stereocenters. The minimum absolute atomic E-state index is 0.0213. The average molecular weight is 429 g/mol. The lowest BCUT2D eigenvalue weighted by Crippen LogP contribution is -2.42. The van der Waals surface area contributed by atoms with E-state index in [0.29, 0.717) is 22.3 Å². The molecule has 2 heterocycles. The maximum absolute atomic E-state index is 11.6. The summed E-state index contributed by atoms with van der Waals surface area (Å²) in [5.41, 5.74) is 3.66. The zero-order valence-electron chi connectivity index (χ0n) is 16.9. The van der Waals surface area contributed by atoms with Gasteiger partial charge in [0.1, 0.15) is 11.3 Å². The van der Waals surface area contributed by atoms with E-state index in [2.05, 4.69) is 44.8 Å². The third-order valence-corrected chi connectivity index (χ3v) is 6.41. The Kier molecular flexibility index (Phi) is 6.81. The Balaban J connectivity index is 1.29. The summed E-state index contributed by atoms with van der Waals surface area (Å²) in [6.45, 7) is 6.40. The number of H-pyrrole nitrogens is 1. The van der Waals surface area contributed by atoms with E-state index < -0.39 is 6.10 Å². The number of aliphatic hydroxyl groups is 1. The molecule has 3 aromatic rings. The predicted octanol–water partition coefficient (Wildman–Crippen LogP) is 1.57. The van der Waals surface area contributed by atoms with Crippen molar-refractivity contribution in [3.8, 4) is 5.75 Å². The molecule has 0 aliphatic carbocycles. The van der Waals surface area contributed by atoms with Crippen molar-refractivity contribution in [1.29, 1.82) is 0 Å². The molecule has 5 N–H and O–H groups in total. The first-order chi connectivity index (χ1) is 14.6. The number of hydrogen-bond donors (Lipinski definition) is 5. The van der Waals surface area contributed by atoms with Gasteiger partial charge in [0.25, 0.3) is 0 Å². The van der Waals surface area contributed by atoms with Crippen LogP contribution in [0.5, 0.6) is 5.75 Å². The number of piperazine rings is 1. The summed E-state index contributed by atoms with van der Waals surface area (Å²) in [6.07, 6.45) is 0.128. The fraction of sp³-hybridized carbons (Fsp3) is 0.409. The van der Waals surface area contributed by atoms with Crippen molar-refractivity contribution < 1.29 is 10.2 Å². The monoisotopic (exact) mass is 428 g/mol. The smallest absolute Gasteiger partial charge is 0.305 e. The number of aliphatic hydroxyl groups excluding tert-OH is 1. The summed E-state index contributed by atoms with van der Waals surface area (Å²) in [6, 6.07) is 11.9. The Bertz CT molecular complexity index is 1040. The number of aromatic amines is 1. The lowest BCUT2D eigenvalue weighted by Gasteiger charge is -2.27. The molecule has 1 aliphatic heterocycles. The van der Waals surface area contributed by atoms with Crippen molar-refractivity contribution in [3.05, 3.63) is 62.8 Å². The molecular weight excluding hydrogens is 400 g/mol. The maximum atomic E-state index is 11.6. The maximum Gasteiger partial charge on any atom is 0.305 e. The highest BCUT2D eigenvalue weighted by atomic mass is 32.1. The van der Waals surface area contributed by atoms with Crippen molar-refractivity contribution in [2.24, 2.45) is 0 Å². The minimum atomic E-state index is -0.751. The van der Waals surface area contributed by atoms with Crippen LogP contribution >= 0.6 is 11.3 Å². The molecule has 1 aromatic heterocycles. The molecule has 0 amide bonds. The van der Waals surface area contributed by atoms with Crippen molar-refractivity contribution in [3.63, 3.8) is 0 Å². The van der Waals surface area contributed by atoms with Gasteiger partial charge in [-0.05, 0) is 30.2 Å². The molecule has 4 rings (SSSR count). The van der Waals surface area contributed by atoms with Crippen LogP contribution in [0.1, 0.15) is 22.8 Å². The number of nitrogens with zero attached hydrogens (tertiary/aromatic N) is 1. The normalized spacial score (nSPS) is 16.2. The lowest BCUT2D eigenvalue weighted by molar-refractivity contribution is 0.176. The quantitative estimate of drug-likeness (QED) is 0.349. The molecule has 0 radical (unpaired) electrons. The highest BCUT2D eigenvalue weighted by Crippen LogP contribution is 2.31. The van der Waals surface area contributed by atoms with Gasteiger partial charge in [-0.1, -0.05) is 41.7 Å². The van der Waals surface area contributed by atoms with Gasteiger partial charge >= 0.3 is 4.87 Å². The molecular formula is C22H28N4O3S. The Hall–Kier alpha value is -2.23. The number of rotatable bonds is 8. The average Bonchev–Trinajstić information content (AvgIpc) is 3.15. The van der Waals surface area contributed by atoms with Gasteiger partial charge in [0.2, 0.25) is 0 Å². The van der Waals surface area contributed by atoms with Gasteiger partial charge in [-0.3, -0.25) is 9.69 Å². The van der Waals surface area contributed by atoms with Crippen molar-refractivity contribution in [2.75, 3.05) is 39.3 Å². The molecule has 1 atom stereocenters. The van der Waals surface area contributed by atoms with E-state index in [0.717, 1.165) is 57.0 Å². The molecule has 8 heteroatoms. The predicted molar refractivity (Wildman–Crippen MR) is 120 cm³/mol. The highest BCUT2D eigenvalue weighted by molar-refractivity contribution is 7.16. The van der Waals surface area contributed by atoms with Gasteiger partial charge in [-0.15, -0.1) is 0 Å². The number of aromatic nitrogens is 1. The molecule has 2 aromatic carbocycles. The molecule has 160 valence electrons. The zero-order valence-corrected chi connectivity index (χ0v) is 17.7. The summed E-state index contributed by atoms with van der Waals surface area (Å²) < 4.78 is 0.606. The molecule has 0 bridgehead atoms. The number of nitrogens with one attached hydrogen (secondary N) is 3. The lowest BCUT2D eigenvalue weighted by atomic mass is 10.1. The van der Waals surface area contributed by atoms with Gasteiger partial charge < -0.3 is 25.8 Å². The topological polar surface area (TPSA) is 101 Å². The number of phenolic OH excluding ortho intramolecular Hbond substituents is 1. The van der Waals surface area contributed by atoms with E-state index in [1.54, 1.807) is 6.07 Å². The van der Waals surface area contributed by atoms with Gasteiger partial charge in [0.05, 0.1) is 10.8 Å². The second kappa shape index (κ2) is 9.72. The van der Waals surface area contributed by atoms with Crippen LogP contribution in [-0.2, 0) is 13.0 Å². The van der Waals surface area contributed by atoms with Gasteiger partial charge in [-0.2, -0.15) is 0 Å². The number of aromatic hydroxyl groups is 1. The molecule has 1 fully saturated rings. The molecule has 30 heavy (non-hydrogen) atoms. The van der Waals surface area contributed by atoms with E-state index in [9.17, 15) is 15.0 Å². The number of hydrogen-bond acceptors (Lipinski definition) is 7. The molecule has 0 spiro atoms. The second-order valence-corrected chi connectivity index (χ2v) is 8.69. The summed E-state index contributed by atoms with van der Waals surface area (Å²) in [7, 11) is 0. The molecule has 7 nitrogen and oxygen atoms in total. The summed E-state index contributed by atoms with van der Waals surface area (Å²) >= 11 is 1.01. The first kappa shape index (κ1) is 21.0. The van der Waals surface area contributed by atoms with E-state index in [1.807, 2.05) is 0 Å². The van der Waals surface area contributed by atoms with Crippen LogP contribution in [-0.4, -0.2) is 59.4 Å². The van der Waals surface area contributed by atoms with Crippen LogP contribution in [0, 0.1) is 0 Å². The first-order valence-corrected chi connectivity index (χ1v) is 11.2. The summed E-state index contributed by atoms with van der Waals surface area (Å²) in [5.74, 6) is 0.0213. The van der Waals surface area contributed by atoms with E-state index in [1.165, 1.54) is 17.2 Å².